The highest BCUT2D eigenvalue weighted by Crippen LogP contribution is 2.03. The van der Waals surface area contributed by atoms with Crippen LogP contribution in [0.25, 0.3) is 0 Å². The second-order valence-corrected chi connectivity index (χ2v) is 2.17. The Bertz CT molecular complexity index is 116. The van der Waals surface area contributed by atoms with E-state index in [-0.39, 0.29) is 5.94 Å². The lowest BCUT2D eigenvalue weighted by molar-refractivity contribution is 0.370. The van der Waals surface area contributed by atoms with Crippen molar-refractivity contribution in [2.24, 2.45) is 0 Å². The molecule has 0 aliphatic carbocycles. The van der Waals surface area contributed by atoms with Gasteiger partial charge in [0.1, 0.15) is 0 Å². The number of allylic oxidation sites excluding steroid dienone is 1. The third kappa shape index (κ3) is 1.73. The minimum atomic E-state index is -1.23. The van der Waals surface area contributed by atoms with Gasteiger partial charge in [-0.3, -0.25) is 0 Å². The molecule has 0 aromatic heterocycles. The predicted molar refractivity (Wildman–Crippen MR) is 35.5 cm³/mol. The first-order valence-electron chi connectivity index (χ1n) is 3.08. The fourth-order valence-corrected chi connectivity index (χ4v) is 0.869. The van der Waals surface area contributed by atoms with Crippen LogP contribution >= 0.6 is 0 Å². The molecular weight excluding hydrogens is 117 g/mol. The summed E-state index contributed by atoms with van der Waals surface area (Å²) in [5.41, 5.74) is 0. The van der Waals surface area contributed by atoms with E-state index in [0.717, 1.165) is 12.8 Å². The molecular formula is C5H10BNO2. The molecule has 3 N–H and O–H groups in total. The predicted octanol–water partition coefficient (Wildman–Crippen LogP) is -0.736. The number of rotatable bonds is 1. The molecule has 3 nitrogen and oxygen atoms in total. The van der Waals surface area contributed by atoms with E-state index in [1.807, 2.05) is 6.08 Å². The van der Waals surface area contributed by atoms with Crippen LogP contribution in [0.15, 0.2) is 12.3 Å². The molecule has 0 fully saturated rings. The fraction of sp³-hybridized carbons (Fsp3) is 0.600. The zero-order chi connectivity index (χ0) is 6.69. The van der Waals surface area contributed by atoms with Crippen LogP contribution in [0, 0.1) is 0 Å². The molecule has 1 rings (SSSR count). The summed E-state index contributed by atoms with van der Waals surface area (Å²) in [6.45, 7) is 0. The quantitative estimate of drug-likeness (QED) is 0.407. The van der Waals surface area contributed by atoms with Crippen molar-refractivity contribution in [1.82, 2.24) is 5.32 Å². The molecule has 0 amide bonds. The van der Waals surface area contributed by atoms with Gasteiger partial charge in [0.2, 0.25) is 0 Å². The van der Waals surface area contributed by atoms with Gasteiger partial charge in [-0.2, -0.15) is 0 Å². The van der Waals surface area contributed by atoms with E-state index in [4.69, 9.17) is 10.0 Å². The molecule has 0 bridgehead atoms. The highest BCUT2D eigenvalue weighted by molar-refractivity contribution is 6.43. The Morgan fingerprint density at radius 1 is 1.56 bits per heavy atom. The smallest absolute Gasteiger partial charge is 0.426 e. The normalized spacial score (nSPS) is 25.3. The molecule has 1 aliphatic heterocycles. The summed E-state index contributed by atoms with van der Waals surface area (Å²) in [6, 6.07) is 0. The monoisotopic (exact) mass is 127 g/mol. The minimum Gasteiger partial charge on any atom is -0.426 e. The van der Waals surface area contributed by atoms with Crippen molar-refractivity contribution in [1.29, 1.82) is 0 Å². The first kappa shape index (κ1) is 6.64. The molecule has 1 unspecified atom stereocenters. The number of hydrogen-bond acceptors (Lipinski definition) is 3. The van der Waals surface area contributed by atoms with E-state index < -0.39 is 7.12 Å². The van der Waals surface area contributed by atoms with Crippen molar-refractivity contribution in [3.05, 3.63) is 12.3 Å². The summed E-state index contributed by atoms with van der Waals surface area (Å²) in [5.74, 6) is -0.171. The van der Waals surface area contributed by atoms with Gasteiger partial charge in [-0.25, -0.2) is 0 Å². The van der Waals surface area contributed by atoms with Crippen LogP contribution in [-0.2, 0) is 0 Å². The van der Waals surface area contributed by atoms with E-state index in [9.17, 15) is 0 Å². The van der Waals surface area contributed by atoms with Gasteiger partial charge in [0.15, 0.2) is 0 Å². The average molecular weight is 127 g/mol. The molecule has 1 heterocycles. The maximum atomic E-state index is 8.64. The third-order valence-electron chi connectivity index (χ3n) is 1.43. The third-order valence-corrected chi connectivity index (χ3v) is 1.43. The van der Waals surface area contributed by atoms with Crippen molar-refractivity contribution in [2.45, 2.75) is 18.8 Å². The molecule has 9 heavy (non-hydrogen) atoms. The molecule has 1 aliphatic rings. The van der Waals surface area contributed by atoms with Crippen molar-refractivity contribution in [3.8, 4) is 0 Å². The SMILES string of the molecule is OB(O)C1CCC=CN1. The van der Waals surface area contributed by atoms with Gasteiger partial charge in [0.05, 0.1) is 5.94 Å². The molecule has 0 aromatic carbocycles. The second-order valence-electron chi connectivity index (χ2n) is 2.17. The van der Waals surface area contributed by atoms with E-state index >= 15 is 0 Å². The van der Waals surface area contributed by atoms with Gasteiger partial charge in [-0.15, -0.1) is 0 Å². The van der Waals surface area contributed by atoms with Crippen LogP contribution in [0.1, 0.15) is 12.8 Å². The first-order valence-corrected chi connectivity index (χ1v) is 3.08. The van der Waals surface area contributed by atoms with Gasteiger partial charge in [-0.05, 0) is 19.0 Å². The van der Waals surface area contributed by atoms with E-state index in [1.165, 1.54) is 0 Å². The molecule has 50 valence electrons. The second kappa shape index (κ2) is 2.89. The summed E-state index contributed by atoms with van der Waals surface area (Å²) < 4.78 is 0. The van der Waals surface area contributed by atoms with Crippen LogP contribution in [0.2, 0.25) is 0 Å². The summed E-state index contributed by atoms with van der Waals surface area (Å²) in [7, 11) is -1.23. The molecule has 4 heteroatoms. The number of nitrogens with one attached hydrogen (secondary N) is 1. The van der Waals surface area contributed by atoms with Crippen LogP contribution in [-0.4, -0.2) is 23.1 Å². The Hall–Kier alpha value is -0.475. The lowest BCUT2D eigenvalue weighted by Gasteiger charge is -2.18. The summed E-state index contributed by atoms with van der Waals surface area (Å²) in [4.78, 5) is 0. The Morgan fingerprint density at radius 2 is 2.33 bits per heavy atom. The zero-order valence-electron chi connectivity index (χ0n) is 5.12. The van der Waals surface area contributed by atoms with Crippen LogP contribution in [0.3, 0.4) is 0 Å². The van der Waals surface area contributed by atoms with Crippen molar-refractivity contribution < 1.29 is 10.0 Å². The Morgan fingerprint density at radius 3 is 2.67 bits per heavy atom. The van der Waals surface area contributed by atoms with Gasteiger partial charge in [-0.1, -0.05) is 6.08 Å². The van der Waals surface area contributed by atoms with E-state index in [1.54, 1.807) is 6.20 Å². The lowest BCUT2D eigenvalue weighted by atomic mass is 9.76. The maximum absolute atomic E-state index is 8.64. The highest BCUT2D eigenvalue weighted by atomic mass is 16.4. The zero-order valence-corrected chi connectivity index (χ0v) is 5.12. The molecule has 0 spiro atoms. The molecule has 0 radical (unpaired) electrons. The molecule has 0 aromatic rings. The lowest BCUT2D eigenvalue weighted by Crippen LogP contribution is -2.42. The number of hydrogen-bond donors (Lipinski definition) is 3. The largest absolute Gasteiger partial charge is 0.475 e. The van der Waals surface area contributed by atoms with Crippen LogP contribution in [0.4, 0.5) is 0 Å². The highest BCUT2D eigenvalue weighted by Gasteiger charge is 2.22. The van der Waals surface area contributed by atoms with Crippen molar-refractivity contribution >= 4 is 7.12 Å². The first-order chi connectivity index (χ1) is 4.30. The van der Waals surface area contributed by atoms with Gasteiger partial charge in [0.25, 0.3) is 0 Å². The Balaban J connectivity index is 2.35. The molecule has 1 atom stereocenters. The van der Waals surface area contributed by atoms with Gasteiger partial charge in [0, 0.05) is 0 Å². The summed E-state index contributed by atoms with van der Waals surface area (Å²) in [6.07, 6.45) is 5.45. The van der Waals surface area contributed by atoms with Gasteiger partial charge < -0.3 is 15.4 Å². The van der Waals surface area contributed by atoms with Crippen molar-refractivity contribution in [2.75, 3.05) is 0 Å². The summed E-state index contributed by atoms with van der Waals surface area (Å²) >= 11 is 0. The van der Waals surface area contributed by atoms with Crippen LogP contribution < -0.4 is 5.32 Å². The van der Waals surface area contributed by atoms with E-state index in [0.29, 0.717) is 0 Å². The topological polar surface area (TPSA) is 52.5 Å². The minimum absolute atomic E-state index is 0.171. The van der Waals surface area contributed by atoms with E-state index in [2.05, 4.69) is 5.32 Å². The Labute approximate surface area is 54.5 Å². The van der Waals surface area contributed by atoms with Crippen molar-refractivity contribution in [3.63, 3.8) is 0 Å². The standard InChI is InChI=1S/C5H10BNO2/c8-6(9)5-3-1-2-4-7-5/h2,4-5,7-9H,1,3H2. The van der Waals surface area contributed by atoms with Gasteiger partial charge >= 0.3 is 7.12 Å². The fourth-order valence-electron chi connectivity index (χ4n) is 0.869. The molecule has 0 saturated heterocycles. The van der Waals surface area contributed by atoms with Crippen LogP contribution in [0.5, 0.6) is 0 Å². The Kier molecular flexibility index (Phi) is 2.13. The summed E-state index contributed by atoms with van der Waals surface area (Å²) in [5, 5.41) is 20.1. The molecule has 0 saturated carbocycles. The maximum Gasteiger partial charge on any atom is 0.475 e. The average Bonchev–Trinajstić information content (AvgIpc) is 1.90.